The summed E-state index contributed by atoms with van der Waals surface area (Å²) in [5.41, 5.74) is 0. The molecule has 0 aromatic rings. The highest BCUT2D eigenvalue weighted by atomic mass is 31.2. The smallest absolute Gasteiger partial charge is 0.462 e. The number of hydrogen-bond donors (Lipinski definition) is 2. The summed E-state index contributed by atoms with van der Waals surface area (Å²) in [5, 5.41) is 9.81. The van der Waals surface area contributed by atoms with Gasteiger partial charge in [-0.1, -0.05) is 189 Å². The van der Waals surface area contributed by atoms with Gasteiger partial charge in [0.2, 0.25) is 0 Å². The van der Waals surface area contributed by atoms with Crippen LogP contribution in [-0.4, -0.2) is 66.5 Å². The van der Waals surface area contributed by atoms with Crippen LogP contribution in [-0.2, 0) is 42.2 Å². The molecule has 0 aromatic heterocycles. The number of ether oxygens (including phenoxy) is 3. The first-order chi connectivity index (χ1) is 35.2. The van der Waals surface area contributed by atoms with Gasteiger partial charge < -0.3 is 24.2 Å². The predicted octanol–water partition coefficient (Wildman–Crippen LogP) is 16.7. The van der Waals surface area contributed by atoms with E-state index in [1.54, 1.807) is 0 Å². The van der Waals surface area contributed by atoms with Crippen molar-refractivity contribution < 1.29 is 52.2 Å². The van der Waals surface area contributed by atoms with Crippen molar-refractivity contribution >= 4 is 25.7 Å². The summed E-state index contributed by atoms with van der Waals surface area (Å²) in [5.74, 6) is -1.54. The predicted molar refractivity (Wildman–Crippen MR) is 298 cm³/mol. The topological polar surface area (TPSA) is 155 Å². The van der Waals surface area contributed by atoms with Crippen LogP contribution in [0.4, 0.5) is 0 Å². The molecule has 0 spiro atoms. The number of phosphoric acid groups is 1. The molecule has 3 unspecified atom stereocenters. The molecule has 0 amide bonds. The standard InChI is InChI=1S/C60H103O11P/c1-4-7-10-13-16-19-22-25-28-31-34-37-40-43-46-49-58(62)67-53-57(71-60(64)51-48-45-42-39-36-33-30-27-24-21-18-15-12-9-6-3)55-69-72(65,66)68-54-56(52-61)70-59(63)50-47-44-41-38-35-32-29-26-23-20-17-14-11-8-5-2/h9,12,17-18,20-21,25-30,36,39,56-57,61H,4-8,10-11,13-16,19,22-24,31-35,37-38,40-55H2,1-3H3,(H,65,66)/b12-9-,20-17-,21-18-,28-25-,29-26-,30-27-,39-36-. The maximum Gasteiger partial charge on any atom is 0.472 e. The fourth-order valence-electron chi connectivity index (χ4n) is 7.43. The first kappa shape index (κ1) is 68.7. The Morgan fingerprint density at radius 3 is 1.18 bits per heavy atom. The van der Waals surface area contributed by atoms with E-state index >= 15 is 0 Å². The Balaban J connectivity index is 4.80. The molecule has 0 aliphatic carbocycles. The van der Waals surface area contributed by atoms with Gasteiger partial charge in [0.15, 0.2) is 6.10 Å². The van der Waals surface area contributed by atoms with E-state index < -0.39 is 57.8 Å². The molecular formula is C60H103O11P. The SMILES string of the molecule is CC/C=C\C/C=C\C/C=C\C/C=C\CCCCC(=O)OC(COC(=O)CCCCCCC/C=C\CCCCCCCC)COP(=O)(O)OCC(CO)OC(=O)CCCCCCC/C=C\C/C=C\CCCCC. The number of esters is 3. The van der Waals surface area contributed by atoms with E-state index in [9.17, 15) is 28.9 Å². The van der Waals surface area contributed by atoms with Crippen LogP contribution >= 0.6 is 7.82 Å². The number of aliphatic hydroxyl groups is 1. The van der Waals surface area contributed by atoms with Gasteiger partial charge in [0.05, 0.1) is 19.8 Å². The van der Waals surface area contributed by atoms with E-state index in [0.717, 1.165) is 122 Å². The molecule has 0 fully saturated rings. The number of aliphatic hydroxyl groups excluding tert-OH is 1. The van der Waals surface area contributed by atoms with Crippen LogP contribution in [0, 0.1) is 0 Å². The second-order valence-electron chi connectivity index (χ2n) is 18.7. The molecule has 0 radical (unpaired) electrons. The Labute approximate surface area is 439 Å². The fraction of sp³-hybridized carbons (Fsp3) is 0.717. The van der Waals surface area contributed by atoms with Crippen molar-refractivity contribution in [2.75, 3.05) is 26.4 Å². The third kappa shape index (κ3) is 51.6. The van der Waals surface area contributed by atoms with Crippen molar-refractivity contribution in [2.45, 2.75) is 251 Å². The molecule has 0 aliphatic rings. The molecule has 72 heavy (non-hydrogen) atoms. The van der Waals surface area contributed by atoms with E-state index in [2.05, 4.69) is 106 Å². The molecule has 414 valence electrons. The molecule has 12 heteroatoms. The van der Waals surface area contributed by atoms with Gasteiger partial charge in [-0.25, -0.2) is 4.57 Å². The maximum absolute atomic E-state index is 12.9. The van der Waals surface area contributed by atoms with Gasteiger partial charge >= 0.3 is 25.7 Å². The van der Waals surface area contributed by atoms with Crippen LogP contribution in [0.1, 0.15) is 239 Å². The molecule has 0 rings (SSSR count). The van der Waals surface area contributed by atoms with Crippen LogP contribution < -0.4 is 0 Å². The van der Waals surface area contributed by atoms with Crippen molar-refractivity contribution in [1.82, 2.24) is 0 Å². The van der Waals surface area contributed by atoms with Gasteiger partial charge in [-0.05, 0) is 116 Å². The normalized spacial score (nSPS) is 14.0. The van der Waals surface area contributed by atoms with Crippen molar-refractivity contribution in [1.29, 1.82) is 0 Å². The lowest BCUT2D eigenvalue weighted by Gasteiger charge is -2.21. The number of allylic oxidation sites excluding steroid dienone is 14. The minimum absolute atomic E-state index is 0.110. The second-order valence-corrected chi connectivity index (χ2v) is 20.2. The number of rotatable bonds is 52. The van der Waals surface area contributed by atoms with Crippen LogP contribution in [0.25, 0.3) is 0 Å². The number of phosphoric ester groups is 1. The van der Waals surface area contributed by atoms with E-state index in [4.69, 9.17) is 23.3 Å². The number of carbonyl (C=O) groups is 3. The lowest BCUT2D eigenvalue weighted by Crippen LogP contribution is -2.30. The zero-order chi connectivity index (χ0) is 52.7. The van der Waals surface area contributed by atoms with Gasteiger partial charge in [-0.2, -0.15) is 0 Å². The second kappa shape index (κ2) is 53.9. The van der Waals surface area contributed by atoms with E-state index in [-0.39, 0.29) is 25.9 Å². The first-order valence-electron chi connectivity index (χ1n) is 28.5. The molecule has 2 N–H and O–H groups in total. The molecule has 11 nitrogen and oxygen atoms in total. The zero-order valence-corrected chi connectivity index (χ0v) is 46.5. The average Bonchev–Trinajstić information content (AvgIpc) is 3.37. The van der Waals surface area contributed by atoms with Gasteiger partial charge in [0.1, 0.15) is 12.7 Å². The highest BCUT2D eigenvalue weighted by Gasteiger charge is 2.28. The molecule has 0 saturated carbocycles. The molecule has 0 heterocycles. The summed E-state index contributed by atoms with van der Waals surface area (Å²) in [7, 11) is -4.77. The zero-order valence-electron chi connectivity index (χ0n) is 45.6. The summed E-state index contributed by atoms with van der Waals surface area (Å²) in [4.78, 5) is 48.5. The Hall–Kier alpha value is -3.34. The lowest BCUT2D eigenvalue weighted by atomic mass is 10.1. The molecule has 3 atom stereocenters. The van der Waals surface area contributed by atoms with Gasteiger partial charge in [-0.3, -0.25) is 23.4 Å². The summed E-state index contributed by atoms with van der Waals surface area (Å²) in [6.07, 6.45) is 61.1. The largest absolute Gasteiger partial charge is 0.472 e. The minimum Gasteiger partial charge on any atom is -0.462 e. The number of hydrogen-bond acceptors (Lipinski definition) is 10. The van der Waals surface area contributed by atoms with Crippen LogP contribution in [0.3, 0.4) is 0 Å². The average molecular weight is 1030 g/mol. The molecular weight excluding hydrogens is 928 g/mol. The van der Waals surface area contributed by atoms with Crippen molar-refractivity contribution in [3.05, 3.63) is 85.1 Å². The monoisotopic (exact) mass is 1030 g/mol. The molecule has 0 bridgehead atoms. The number of unbranched alkanes of at least 4 members (excludes halogenated alkanes) is 21. The first-order valence-corrected chi connectivity index (χ1v) is 30.0. The summed E-state index contributed by atoms with van der Waals surface area (Å²) in [6, 6.07) is 0. The van der Waals surface area contributed by atoms with Crippen molar-refractivity contribution in [2.24, 2.45) is 0 Å². The van der Waals surface area contributed by atoms with Crippen LogP contribution in [0.15, 0.2) is 85.1 Å². The van der Waals surface area contributed by atoms with Gasteiger partial charge in [0.25, 0.3) is 0 Å². The minimum atomic E-state index is -4.77. The summed E-state index contributed by atoms with van der Waals surface area (Å²) < 4.78 is 39.4. The molecule has 0 aromatic carbocycles. The summed E-state index contributed by atoms with van der Waals surface area (Å²) >= 11 is 0. The van der Waals surface area contributed by atoms with Crippen molar-refractivity contribution in [3.63, 3.8) is 0 Å². The Kier molecular flexibility index (Phi) is 51.4. The highest BCUT2D eigenvalue weighted by Crippen LogP contribution is 2.43. The van der Waals surface area contributed by atoms with Gasteiger partial charge in [0, 0.05) is 19.3 Å². The molecule has 0 saturated heterocycles. The Bertz CT molecular complexity index is 1530. The summed E-state index contributed by atoms with van der Waals surface area (Å²) in [6.45, 7) is 4.42. The van der Waals surface area contributed by atoms with E-state index in [0.29, 0.717) is 19.3 Å². The Morgan fingerprint density at radius 2 is 0.722 bits per heavy atom. The molecule has 0 aliphatic heterocycles. The fourth-order valence-corrected chi connectivity index (χ4v) is 8.21. The quantitative estimate of drug-likeness (QED) is 0.0197. The third-order valence-corrected chi connectivity index (χ3v) is 12.7. The Morgan fingerprint density at radius 1 is 0.403 bits per heavy atom. The lowest BCUT2D eigenvalue weighted by molar-refractivity contribution is -0.161. The van der Waals surface area contributed by atoms with Gasteiger partial charge in [-0.15, -0.1) is 0 Å². The highest BCUT2D eigenvalue weighted by molar-refractivity contribution is 7.47. The van der Waals surface area contributed by atoms with Crippen molar-refractivity contribution in [3.8, 4) is 0 Å². The maximum atomic E-state index is 12.9. The van der Waals surface area contributed by atoms with Crippen LogP contribution in [0.2, 0.25) is 0 Å². The van der Waals surface area contributed by atoms with E-state index in [1.165, 1.54) is 57.8 Å². The van der Waals surface area contributed by atoms with E-state index in [1.807, 2.05) is 0 Å². The third-order valence-electron chi connectivity index (χ3n) is 11.8. The number of carbonyl (C=O) groups excluding carboxylic acids is 3. The van der Waals surface area contributed by atoms with Crippen LogP contribution in [0.5, 0.6) is 0 Å².